The third-order valence-corrected chi connectivity index (χ3v) is 5.55. The number of hydrogen-bond donors (Lipinski definition) is 0. The maximum atomic E-state index is 11.6. The summed E-state index contributed by atoms with van der Waals surface area (Å²) < 4.78 is 7.25. The minimum atomic E-state index is -0.501. The molecule has 3 aromatic rings. The number of methoxy groups -OCH3 is 1. The van der Waals surface area contributed by atoms with Gasteiger partial charge in [0.05, 0.1) is 7.11 Å². The predicted molar refractivity (Wildman–Crippen MR) is 91.5 cm³/mol. The summed E-state index contributed by atoms with van der Waals surface area (Å²) in [5, 5.41) is 9.28. The van der Waals surface area contributed by atoms with Crippen molar-refractivity contribution >= 4 is 40.7 Å². The molecule has 0 aromatic carbocycles. The van der Waals surface area contributed by atoms with Crippen molar-refractivity contribution in [1.82, 2.24) is 24.7 Å². The fourth-order valence-electron chi connectivity index (χ4n) is 1.99. The van der Waals surface area contributed by atoms with E-state index < -0.39 is 5.97 Å². The average Bonchev–Trinajstić information content (AvgIpc) is 3.18. The van der Waals surface area contributed by atoms with Gasteiger partial charge in [-0.25, -0.2) is 9.78 Å². The number of halogens is 1. The average molecular weight is 382 g/mol. The number of thiazole rings is 1. The molecule has 0 radical (unpaired) electrons. The quantitative estimate of drug-likeness (QED) is 0.626. The van der Waals surface area contributed by atoms with Crippen LogP contribution in [0.4, 0.5) is 0 Å². The molecular formula is C14H12ClN5O2S2. The molecular weight excluding hydrogens is 370 g/mol. The van der Waals surface area contributed by atoms with Crippen LogP contribution in [-0.2, 0) is 11.3 Å². The highest BCUT2D eigenvalue weighted by molar-refractivity contribution is 8.00. The summed E-state index contributed by atoms with van der Waals surface area (Å²) in [5.74, 6) is 0.247. The van der Waals surface area contributed by atoms with E-state index in [0.29, 0.717) is 16.0 Å². The van der Waals surface area contributed by atoms with Gasteiger partial charge in [0.25, 0.3) is 0 Å². The largest absolute Gasteiger partial charge is 0.465 e. The zero-order chi connectivity index (χ0) is 17.1. The minimum Gasteiger partial charge on any atom is -0.465 e. The Balaban J connectivity index is 1.91. The van der Waals surface area contributed by atoms with Crippen LogP contribution in [-0.4, -0.2) is 37.8 Å². The molecule has 0 aliphatic heterocycles. The molecule has 0 amide bonds. The SMILES string of the molecule is CCn1c(Sc2nc(Cl)c(C(=O)OC)s2)nnc1-c1ccncc1. The van der Waals surface area contributed by atoms with Gasteiger partial charge in [-0.1, -0.05) is 22.9 Å². The molecule has 0 aliphatic rings. The Kier molecular flexibility index (Phi) is 5.12. The van der Waals surface area contributed by atoms with E-state index in [9.17, 15) is 4.79 Å². The van der Waals surface area contributed by atoms with Crippen LogP contribution >= 0.6 is 34.7 Å². The summed E-state index contributed by atoms with van der Waals surface area (Å²) in [5.41, 5.74) is 0.929. The van der Waals surface area contributed by atoms with Crippen molar-refractivity contribution in [2.24, 2.45) is 0 Å². The van der Waals surface area contributed by atoms with Gasteiger partial charge in [-0.05, 0) is 30.8 Å². The van der Waals surface area contributed by atoms with Gasteiger partial charge < -0.3 is 9.30 Å². The van der Waals surface area contributed by atoms with Crippen molar-refractivity contribution in [3.8, 4) is 11.4 Å². The minimum absolute atomic E-state index is 0.131. The predicted octanol–water partition coefficient (Wildman–Crippen LogP) is 3.41. The number of nitrogens with zero attached hydrogens (tertiary/aromatic N) is 5. The summed E-state index contributed by atoms with van der Waals surface area (Å²) in [6.45, 7) is 2.70. The molecule has 0 spiro atoms. The Morgan fingerprint density at radius 2 is 2.12 bits per heavy atom. The van der Waals surface area contributed by atoms with E-state index in [1.807, 2.05) is 23.6 Å². The molecule has 0 atom stereocenters. The molecule has 7 nitrogen and oxygen atoms in total. The van der Waals surface area contributed by atoms with Gasteiger partial charge in [0, 0.05) is 24.5 Å². The lowest BCUT2D eigenvalue weighted by Crippen LogP contribution is -1.99. The standard InChI is InChI=1S/C14H12ClN5O2S2/c1-3-20-11(8-4-6-16-7-5-8)18-19-13(20)24-14-17-10(15)9(23-14)12(21)22-2/h4-7H,3H2,1-2H3. The summed E-state index contributed by atoms with van der Waals surface area (Å²) in [6, 6.07) is 3.75. The zero-order valence-electron chi connectivity index (χ0n) is 12.8. The molecule has 3 aromatic heterocycles. The second kappa shape index (κ2) is 7.29. The number of rotatable bonds is 5. The fraction of sp³-hybridized carbons (Fsp3) is 0.214. The Labute approximate surface area is 151 Å². The van der Waals surface area contributed by atoms with Crippen LogP contribution in [0, 0.1) is 0 Å². The Hall–Kier alpha value is -1.97. The lowest BCUT2D eigenvalue weighted by Gasteiger charge is -2.05. The normalized spacial score (nSPS) is 10.8. The van der Waals surface area contributed by atoms with E-state index >= 15 is 0 Å². The van der Waals surface area contributed by atoms with E-state index in [4.69, 9.17) is 11.6 Å². The molecule has 3 heterocycles. The highest BCUT2D eigenvalue weighted by Gasteiger charge is 2.20. The van der Waals surface area contributed by atoms with Crippen LogP contribution in [0.5, 0.6) is 0 Å². The monoisotopic (exact) mass is 381 g/mol. The van der Waals surface area contributed by atoms with Crippen LogP contribution in [0.2, 0.25) is 5.15 Å². The van der Waals surface area contributed by atoms with E-state index in [0.717, 1.165) is 11.4 Å². The first-order chi connectivity index (χ1) is 11.6. The van der Waals surface area contributed by atoms with Crippen molar-refractivity contribution in [1.29, 1.82) is 0 Å². The van der Waals surface area contributed by atoms with Crippen molar-refractivity contribution in [2.75, 3.05) is 7.11 Å². The van der Waals surface area contributed by atoms with Crippen LogP contribution in [0.1, 0.15) is 16.6 Å². The van der Waals surface area contributed by atoms with E-state index in [1.165, 1.54) is 30.2 Å². The maximum absolute atomic E-state index is 11.6. The summed E-state index contributed by atoms with van der Waals surface area (Å²) in [6.07, 6.45) is 3.42. The van der Waals surface area contributed by atoms with Crippen LogP contribution in [0.3, 0.4) is 0 Å². The van der Waals surface area contributed by atoms with Crippen molar-refractivity contribution in [2.45, 2.75) is 23.0 Å². The zero-order valence-corrected chi connectivity index (χ0v) is 15.2. The number of esters is 1. The number of carbonyl (C=O) groups excluding carboxylic acids is 1. The van der Waals surface area contributed by atoms with Gasteiger partial charge in [0.1, 0.15) is 0 Å². The van der Waals surface area contributed by atoms with Crippen molar-refractivity contribution < 1.29 is 9.53 Å². The number of pyridine rings is 1. The molecule has 0 fully saturated rings. The molecule has 0 saturated carbocycles. The van der Waals surface area contributed by atoms with Gasteiger partial charge >= 0.3 is 5.97 Å². The molecule has 3 rings (SSSR count). The third kappa shape index (κ3) is 3.28. The van der Waals surface area contributed by atoms with Crippen molar-refractivity contribution in [3.63, 3.8) is 0 Å². The number of aromatic nitrogens is 5. The molecule has 10 heteroatoms. The van der Waals surface area contributed by atoms with E-state index in [1.54, 1.807) is 12.4 Å². The first-order valence-corrected chi connectivity index (χ1v) is 8.91. The number of carbonyl (C=O) groups is 1. The Morgan fingerprint density at radius 1 is 1.38 bits per heavy atom. The summed E-state index contributed by atoms with van der Waals surface area (Å²) in [4.78, 5) is 20.1. The summed E-state index contributed by atoms with van der Waals surface area (Å²) >= 11 is 8.47. The molecule has 24 heavy (non-hydrogen) atoms. The van der Waals surface area contributed by atoms with Gasteiger partial charge in [-0.2, -0.15) is 0 Å². The van der Waals surface area contributed by atoms with Crippen LogP contribution in [0.25, 0.3) is 11.4 Å². The van der Waals surface area contributed by atoms with Gasteiger partial charge in [-0.15, -0.1) is 10.2 Å². The molecule has 0 N–H and O–H groups in total. The second-order valence-electron chi connectivity index (χ2n) is 4.48. The molecule has 0 bridgehead atoms. The molecule has 0 saturated heterocycles. The number of ether oxygens (including phenoxy) is 1. The third-order valence-electron chi connectivity index (χ3n) is 3.09. The van der Waals surface area contributed by atoms with Crippen LogP contribution in [0.15, 0.2) is 34.0 Å². The number of hydrogen-bond acceptors (Lipinski definition) is 8. The highest BCUT2D eigenvalue weighted by atomic mass is 35.5. The molecule has 0 aliphatic carbocycles. The fourth-order valence-corrected chi connectivity index (χ4v) is 4.31. The topological polar surface area (TPSA) is 82.8 Å². The van der Waals surface area contributed by atoms with E-state index in [-0.39, 0.29) is 10.0 Å². The van der Waals surface area contributed by atoms with E-state index in [2.05, 4.69) is 24.9 Å². The first kappa shape index (κ1) is 16.9. The summed E-state index contributed by atoms with van der Waals surface area (Å²) in [7, 11) is 1.31. The van der Waals surface area contributed by atoms with Crippen LogP contribution < -0.4 is 0 Å². The van der Waals surface area contributed by atoms with Crippen molar-refractivity contribution in [3.05, 3.63) is 34.6 Å². The highest BCUT2D eigenvalue weighted by Crippen LogP contribution is 2.35. The maximum Gasteiger partial charge on any atom is 0.351 e. The van der Waals surface area contributed by atoms with Gasteiger partial charge in [0.2, 0.25) is 0 Å². The lowest BCUT2D eigenvalue weighted by atomic mass is 10.2. The second-order valence-corrected chi connectivity index (χ2v) is 7.05. The molecule has 124 valence electrons. The Bertz CT molecular complexity index is 865. The Morgan fingerprint density at radius 3 is 2.79 bits per heavy atom. The smallest absolute Gasteiger partial charge is 0.351 e. The lowest BCUT2D eigenvalue weighted by molar-refractivity contribution is 0.0606. The van der Waals surface area contributed by atoms with Gasteiger partial charge in [-0.3, -0.25) is 4.98 Å². The molecule has 0 unspecified atom stereocenters. The van der Waals surface area contributed by atoms with Gasteiger partial charge in [0.15, 0.2) is 25.4 Å². The first-order valence-electron chi connectivity index (χ1n) is 6.90.